The number of hydrogen-bond acceptors (Lipinski definition) is 7. The minimum Gasteiger partial charge on any atom is -0.497 e. The van der Waals surface area contributed by atoms with Crippen molar-refractivity contribution >= 4 is 33.6 Å². The van der Waals surface area contributed by atoms with Crippen LogP contribution < -0.4 is 14.9 Å². The summed E-state index contributed by atoms with van der Waals surface area (Å²) in [6.45, 7) is 7.07. The number of ether oxygens (including phenoxy) is 2. The summed E-state index contributed by atoms with van der Waals surface area (Å²) in [6.07, 6.45) is 7.96. The molecule has 7 heteroatoms. The molecule has 1 aliphatic carbocycles. The third-order valence-electron chi connectivity index (χ3n) is 6.67. The van der Waals surface area contributed by atoms with Gasteiger partial charge in [0.2, 0.25) is 0 Å². The van der Waals surface area contributed by atoms with E-state index in [1.165, 1.54) is 23.3 Å². The number of thiophene rings is 1. The molecule has 1 aliphatic rings. The molecule has 1 N–H and O–H groups in total. The summed E-state index contributed by atoms with van der Waals surface area (Å²) in [6, 6.07) is 5.63. The number of fused-ring (bicyclic) bond motifs is 3. The smallest absolute Gasteiger partial charge is 0.158 e. The molecule has 164 valence electrons. The maximum Gasteiger partial charge on any atom is 0.158 e. The molecular formula is C24H30N4O2S. The highest BCUT2D eigenvalue weighted by Gasteiger charge is 2.33. The number of nitrogens with one attached hydrogen (secondary N) is 1. The first-order chi connectivity index (χ1) is 15.0. The van der Waals surface area contributed by atoms with Gasteiger partial charge in [0.05, 0.1) is 25.8 Å². The second-order valence-electron chi connectivity index (χ2n) is 8.67. The van der Waals surface area contributed by atoms with E-state index in [1.807, 2.05) is 18.2 Å². The number of hydrogen-bond donors (Lipinski definition) is 1. The van der Waals surface area contributed by atoms with Crippen LogP contribution in [0.4, 0.5) is 5.82 Å². The average Bonchev–Trinajstić information content (AvgIpc) is 3.17. The summed E-state index contributed by atoms with van der Waals surface area (Å²) in [5, 5.41) is 5.58. The van der Waals surface area contributed by atoms with E-state index < -0.39 is 0 Å². The topological polar surface area (TPSA) is 68.6 Å². The van der Waals surface area contributed by atoms with E-state index in [9.17, 15) is 0 Å². The zero-order valence-electron chi connectivity index (χ0n) is 18.9. The van der Waals surface area contributed by atoms with Crippen LogP contribution in [-0.4, -0.2) is 30.4 Å². The van der Waals surface area contributed by atoms with E-state index in [0.717, 1.165) is 45.9 Å². The van der Waals surface area contributed by atoms with Crippen LogP contribution in [0.2, 0.25) is 0 Å². The lowest BCUT2D eigenvalue weighted by atomic mass is 9.69. The lowest BCUT2D eigenvalue weighted by Gasteiger charge is -2.36. The van der Waals surface area contributed by atoms with Gasteiger partial charge in [-0.1, -0.05) is 27.2 Å². The van der Waals surface area contributed by atoms with Crippen molar-refractivity contribution in [1.82, 2.24) is 9.97 Å². The molecule has 2 heterocycles. The van der Waals surface area contributed by atoms with Gasteiger partial charge >= 0.3 is 0 Å². The van der Waals surface area contributed by atoms with Crippen molar-refractivity contribution in [1.29, 1.82) is 0 Å². The number of nitrogens with zero attached hydrogens (tertiary/aromatic N) is 3. The van der Waals surface area contributed by atoms with Gasteiger partial charge in [0, 0.05) is 10.4 Å². The summed E-state index contributed by atoms with van der Waals surface area (Å²) in [5.41, 5.74) is 5.72. The van der Waals surface area contributed by atoms with Crippen LogP contribution in [0.25, 0.3) is 10.2 Å². The normalized spacial score (nSPS) is 16.5. The lowest BCUT2D eigenvalue weighted by Crippen LogP contribution is -2.28. The van der Waals surface area contributed by atoms with E-state index in [1.54, 1.807) is 38.1 Å². The van der Waals surface area contributed by atoms with Gasteiger partial charge in [-0.25, -0.2) is 9.97 Å². The van der Waals surface area contributed by atoms with E-state index >= 15 is 0 Å². The monoisotopic (exact) mass is 438 g/mol. The fraction of sp³-hybridized carbons (Fsp3) is 0.458. The molecule has 0 saturated heterocycles. The zero-order chi connectivity index (χ0) is 22.0. The second kappa shape index (κ2) is 8.83. The van der Waals surface area contributed by atoms with Crippen LogP contribution in [-0.2, 0) is 12.8 Å². The summed E-state index contributed by atoms with van der Waals surface area (Å²) < 4.78 is 10.8. The molecule has 0 bridgehead atoms. The van der Waals surface area contributed by atoms with Crippen molar-refractivity contribution in [3.8, 4) is 11.5 Å². The van der Waals surface area contributed by atoms with Crippen LogP contribution in [0.1, 0.15) is 49.6 Å². The molecular weight excluding hydrogens is 408 g/mol. The Labute approximate surface area is 187 Å². The first-order valence-electron chi connectivity index (χ1n) is 10.7. The maximum absolute atomic E-state index is 5.44. The van der Waals surface area contributed by atoms with Crippen molar-refractivity contribution in [2.24, 2.45) is 16.4 Å². The van der Waals surface area contributed by atoms with Crippen LogP contribution >= 0.6 is 11.3 Å². The number of methoxy groups -OCH3 is 2. The number of benzene rings is 1. The summed E-state index contributed by atoms with van der Waals surface area (Å²) in [7, 11) is 3.29. The van der Waals surface area contributed by atoms with Crippen LogP contribution in [0.5, 0.6) is 11.5 Å². The van der Waals surface area contributed by atoms with Crippen molar-refractivity contribution in [3.63, 3.8) is 0 Å². The fourth-order valence-corrected chi connectivity index (χ4v) is 5.44. The van der Waals surface area contributed by atoms with Crippen molar-refractivity contribution in [2.45, 2.75) is 46.5 Å². The molecule has 0 radical (unpaired) electrons. The van der Waals surface area contributed by atoms with E-state index in [4.69, 9.17) is 9.47 Å². The molecule has 0 saturated carbocycles. The van der Waals surface area contributed by atoms with Crippen molar-refractivity contribution in [2.75, 3.05) is 19.6 Å². The van der Waals surface area contributed by atoms with Gasteiger partial charge in [0.15, 0.2) is 5.82 Å². The number of aromatic nitrogens is 2. The average molecular weight is 439 g/mol. The number of anilines is 1. The molecule has 3 aromatic rings. The SMILES string of the molecule is CCC(C)(C)C1CCc2sc3ncnc(NN=Cc4cc(OC)ccc4OC)c3c2C1. The molecule has 0 aliphatic heterocycles. The highest BCUT2D eigenvalue weighted by Crippen LogP contribution is 2.45. The third-order valence-corrected chi connectivity index (χ3v) is 7.87. The second-order valence-corrected chi connectivity index (χ2v) is 9.75. The van der Waals surface area contributed by atoms with Gasteiger partial charge < -0.3 is 9.47 Å². The molecule has 31 heavy (non-hydrogen) atoms. The molecule has 4 rings (SSSR count). The number of aryl methyl sites for hydroxylation is 1. The van der Waals surface area contributed by atoms with Gasteiger partial charge in [-0.2, -0.15) is 5.10 Å². The molecule has 0 amide bonds. The minimum absolute atomic E-state index is 0.330. The van der Waals surface area contributed by atoms with E-state index in [0.29, 0.717) is 11.3 Å². The van der Waals surface area contributed by atoms with Crippen molar-refractivity contribution < 1.29 is 9.47 Å². The molecule has 2 aromatic heterocycles. The predicted octanol–water partition coefficient (Wildman–Crippen LogP) is 5.70. The van der Waals surface area contributed by atoms with E-state index in [2.05, 4.69) is 41.3 Å². The standard InChI is InChI=1S/C24H30N4O2S/c1-6-24(2,3)16-7-10-20-18(12-16)21-22(25-14-26-23(21)31-20)28-27-13-15-11-17(29-4)8-9-19(15)30-5/h8-9,11,13-14,16H,6-7,10,12H2,1-5H3,(H,25,26,28). The van der Waals surface area contributed by atoms with Gasteiger partial charge in [0.25, 0.3) is 0 Å². The number of hydrazone groups is 1. The van der Waals surface area contributed by atoms with Crippen molar-refractivity contribution in [3.05, 3.63) is 40.5 Å². The van der Waals surface area contributed by atoms with Gasteiger partial charge in [0.1, 0.15) is 22.7 Å². The Morgan fingerprint density at radius 1 is 1.26 bits per heavy atom. The first kappa shape index (κ1) is 21.6. The maximum atomic E-state index is 5.44. The Hall–Kier alpha value is -2.67. The first-order valence-corrected chi connectivity index (χ1v) is 11.5. The molecule has 6 nitrogen and oxygen atoms in total. The summed E-state index contributed by atoms with van der Waals surface area (Å²) >= 11 is 1.80. The molecule has 1 atom stereocenters. The largest absolute Gasteiger partial charge is 0.497 e. The number of rotatable bonds is 7. The summed E-state index contributed by atoms with van der Waals surface area (Å²) in [4.78, 5) is 11.5. The Bertz CT molecular complexity index is 1110. The molecule has 1 unspecified atom stereocenters. The van der Waals surface area contributed by atoms with Gasteiger partial charge in [-0.3, -0.25) is 5.43 Å². The predicted molar refractivity (Wildman–Crippen MR) is 128 cm³/mol. The molecule has 0 spiro atoms. The molecule has 0 fully saturated rings. The Balaban J connectivity index is 1.64. The minimum atomic E-state index is 0.330. The Morgan fingerprint density at radius 2 is 2.10 bits per heavy atom. The van der Waals surface area contributed by atoms with Gasteiger partial charge in [-0.15, -0.1) is 11.3 Å². The fourth-order valence-electron chi connectivity index (χ4n) is 4.25. The van der Waals surface area contributed by atoms with Gasteiger partial charge in [-0.05, 0) is 54.4 Å². The van der Waals surface area contributed by atoms with E-state index in [-0.39, 0.29) is 0 Å². The van der Waals surface area contributed by atoms with Crippen LogP contribution in [0.15, 0.2) is 29.6 Å². The quantitative estimate of drug-likeness (QED) is 0.379. The lowest BCUT2D eigenvalue weighted by molar-refractivity contribution is 0.184. The Morgan fingerprint density at radius 3 is 2.84 bits per heavy atom. The third kappa shape index (κ3) is 4.24. The highest BCUT2D eigenvalue weighted by molar-refractivity contribution is 7.19. The summed E-state index contributed by atoms with van der Waals surface area (Å²) in [5.74, 6) is 2.91. The zero-order valence-corrected chi connectivity index (χ0v) is 19.7. The van der Waals surface area contributed by atoms with Crippen LogP contribution in [0, 0.1) is 11.3 Å². The highest BCUT2D eigenvalue weighted by atomic mass is 32.1. The Kier molecular flexibility index (Phi) is 6.14. The molecule has 1 aromatic carbocycles. The van der Waals surface area contributed by atoms with Crippen LogP contribution in [0.3, 0.4) is 0 Å².